The van der Waals surface area contributed by atoms with Crippen LogP contribution in [-0.2, 0) is 9.53 Å². The Bertz CT molecular complexity index is 147. The van der Waals surface area contributed by atoms with Gasteiger partial charge in [-0.15, -0.1) is 0 Å². The summed E-state index contributed by atoms with van der Waals surface area (Å²) in [7, 11) is 0. The van der Waals surface area contributed by atoms with Gasteiger partial charge in [-0.1, -0.05) is 20.8 Å². The van der Waals surface area contributed by atoms with Crippen LogP contribution >= 0.6 is 0 Å². The maximum absolute atomic E-state index is 11.3. The molecule has 0 fully saturated rings. The second-order valence-electron chi connectivity index (χ2n) is 4.36. The van der Waals surface area contributed by atoms with Crippen LogP contribution in [0.25, 0.3) is 0 Å². The summed E-state index contributed by atoms with van der Waals surface area (Å²) < 4.78 is 5.00. The maximum Gasteiger partial charge on any atom is 0.135 e. The van der Waals surface area contributed by atoms with Crippen LogP contribution in [0.1, 0.15) is 33.6 Å². The highest BCUT2D eigenvalue weighted by molar-refractivity contribution is 5.79. The monoisotopic (exact) mass is 188 g/mol. The number of Topliss-reactive ketones (excluding diaryl/α,β-unsaturated/α-hetero) is 1. The Balaban J connectivity index is 3.41. The van der Waals surface area contributed by atoms with Crippen molar-refractivity contribution in [2.75, 3.05) is 19.8 Å². The van der Waals surface area contributed by atoms with Crippen molar-refractivity contribution < 1.29 is 14.6 Å². The van der Waals surface area contributed by atoms with E-state index in [0.29, 0.717) is 26.1 Å². The Kier molecular flexibility index (Phi) is 5.91. The Morgan fingerprint density at radius 3 is 2.38 bits per heavy atom. The third-order valence-electron chi connectivity index (χ3n) is 1.49. The van der Waals surface area contributed by atoms with Crippen molar-refractivity contribution in [3.05, 3.63) is 0 Å². The lowest BCUT2D eigenvalue weighted by atomic mass is 9.89. The van der Waals surface area contributed by atoms with E-state index < -0.39 is 0 Å². The summed E-state index contributed by atoms with van der Waals surface area (Å²) >= 11 is 0. The molecule has 0 aromatic rings. The molecule has 3 heteroatoms. The van der Waals surface area contributed by atoms with Crippen molar-refractivity contribution in [2.24, 2.45) is 5.41 Å². The first-order chi connectivity index (χ1) is 5.95. The predicted octanol–water partition coefficient (Wildman–Crippen LogP) is 1.39. The fraction of sp³-hybridized carbons (Fsp3) is 0.900. The van der Waals surface area contributed by atoms with Gasteiger partial charge in [-0.3, -0.25) is 4.79 Å². The van der Waals surface area contributed by atoms with Gasteiger partial charge in [0.15, 0.2) is 0 Å². The van der Waals surface area contributed by atoms with Crippen LogP contribution < -0.4 is 0 Å². The largest absolute Gasteiger partial charge is 0.394 e. The van der Waals surface area contributed by atoms with Gasteiger partial charge in [-0.25, -0.2) is 0 Å². The molecule has 0 aromatic heterocycles. The average Bonchev–Trinajstić information content (AvgIpc) is 1.94. The number of carbonyl (C=O) groups excluding carboxylic acids is 1. The van der Waals surface area contributed by atoms with Crippen LogP contribution in [0.5, 0.6) is 0 Å². The van der Waals surface area contributed by atoms with E-state index in [-0.39, 0.29) is 17.8 Å². The first-order valence-electron chi connectivity index (χ1n) is 4.66. The molecule has 0 heterocycles. The number of ether oxygens (including phenoxy) is 1. The van der Waals surface area contributed by atoms with Crippen molar-refractivity contribution in [3.63, 3.8) is 0 Å². The summed E-state index contributed by atoms with van der Waals surface area (Å²) in [5.74, 6) is 0.227. The highest BCUT2D eigenvalue weighted by atomic mass is 16.5. The number of hydrogen-bond donors (Lipinski definition) is 1. The standard InChI is InChI=1S/C10H20O3/c1-10(2,3)8-9(12)4-6-13-7-5-11/h11H,4-8H2,1-3H3. The van der Waals surface area contributed by atoms with Crippen LogP contribution in [0.15, 0.2) is 0 Å². The molecule has 0 saturated carbocycles. The molecular weight excluding hydrogens is 168 g/mol. The lowest BCUT2D eigenvalue weighted by Gasteiger charge is -2.16. The first-order valence-corrected chi connectivity index (χ1v) is 4.66. The van der Waals surface area contributed by atoms with Crippen LogP contribution in [0, 0.1) is 5.41 Å². The van der Waals surface area contributed by atoms with Crippen molar-refractivity contribution in [1.82, 2.24) is 0 Å². The predicted molar refractivity (Wildman–Crippen MR) is 51.6 cm³/mol. The molecule has 0 unspecified atom stereocenters. The molecule has 0 aliphatic heterocycles. The van der Waals surface area contributed by atoms with E-state index in [1.165, 1.54) is 0 Å². The molecule has 13 heavy (non-hydrogen) atoms. The molecule has 0 aromatic carbocycles. The minimum absolute atomic E-state index is 0.0213. The van der Waals surface area contributed by atoms with E-state index in [0.717, 1.165) is 0 Å². The molecule has 78 valence electrons. The SMILES string of the molecule is CC(C)(C)CC(=O)CCOCCO. The molecule has 0 rings (SSSR count). The molecule has 0 aliphatic rings. The van der Waals surface area contributed by atoms with E-state index in [9.17, 15) is 4.79 Å². The van der Waals surface area contributed by atoms with Gasteiger partial charge >= 0.3 is 0 Å². The Hall–Kier alpha value is -0.410. The molecular formula is C10H20O3. The third kappa shape index (κ3) is 9.50. The van der Waals surface area contributed by atoms with E-state index in [1.54, 1.807) is 0 Å². The maximum atomic E-state index is 11.3. The Morgan fingerprint density at radius 1 is 1.31 bits per heavy atom. The molecule has 0 spiro atoms. The summed E-state index contributed by atoms with van der Waals surface area (Å²) in [5, 5.41) is 8.41. The first kappa shape index (κ1) is 12.6. The summed E-state index contributed by atoms with van der Waals surface area (Å²) in [4.78, 5) is 11.3. The van der Waals surface area contributed by atoms with Crippen molar-refractivity contribution in [2.45, 2.75) is 33.6 Å². The highest BCUT2D eigenvalue weighted by Gasteiger charge is 2.15. The van der Waals surface area contributed by atoms with Gasteiger partial charge in [-0.2, -0.15) is 0 Å². The topological polar surface area (TPSA) is 46.5 Å². The normalized spacial score (nSPS) is 11.7. The smallest absolute Gasteiger partial charge is 0.135 e. The van der Waals surface area contributed by atoms with Crippen LogP contribution in [0.3, 0.4) is 0 Å². The molecule has 0 saturated heterocycles. The average molecular weight is 188 g/mol. The lowest BCUT2D eigenvalue weighted by Crippen LogP contribution is -2.14. The number of aliphatic hydroxyl groups is 1. The van der Waals surface area contributed by atoms with E-state index in [4.69, 9.17) is 9.84 Å². The molecule has 0 radical (unpaired) electrons. The third-order valence-corrected chi connectivity index (χ3v) is 1.49. The fourth-order valence-electron chi connectivity index (χ4n) is 1.03. The Labute approximate surface area is 80.1 Å². The van der Waals surface area contributed by atoms with E-state index >= 15 is 0 Å². The van der Waals surface area contributed by atoms with Gasteiger partial charge in [0.25, 0.3) is 0 Å². The second kappa shape index (κ2) is 6.11. The number of ketones is 1. The highest BCUT2D eigenvalue weighted by Crippen LogP contribution is 2.19. The molecule has 0 bridgehead atoms. The molecule has 3 nitrogen and oxygen atoms in total. The Morgan fingerprint density at radius 2 is 1.92 bits per heavy atom. The minimum Gasteiger partial charge on any atom is -0.394 e. The van der Waals surface area contributed by atoms with Gasteiger partial charge in [-0.05, 0) is 5.41 Å². The minimum atomic E-state index is 0.0213. The molecule has 0 amide bonds. The zero-order valence-electron chi connectivity index (χ0n) is 8.80. The number of hydrogen-bond acceptors (Lipinski definition) is 3. The van der Waals surface area contributed by atoms with Crippen molar-refractivity contribution in [3.8, 4) is 0 Å². The quantitative estimate of drug-likeness (QED) is 0.641. The second-order valence-corrected chi connectivity index (χ2v) is 4.36. The number of carbonyl (C=O) groups is 1. The zero-order valence-corrected chi connectivity index (χ0v) is 8.80. The summed E-state index contributed by atoms with van der Waals surface area (Å²) in [5.41, 5.74) is 0.0636. The van der Waals surface area contributed by atoms with Gasteiger partial charge in [0.05, 0.1) is 19.8 Å². The summed E-state index contributed by atoms with van der Waals surface area (Å²) in [6.45, 7) is 6.89. The van der Waals surface area contributed by atoms with Crippen LogP contribution in [0.2, 0.25) is 0 Å². The number of aliphatic hydroxyl groups excluding tert-OH is 1. The fourth-order valence-corrected chi connectivity index (χ4v) is 1.03. The molecule has 1 N–H and O–H groups in total. The van der Waals surface area contributed by atoms with Crippen molar-refractivity contribution in [1.29, 1.82) is 0 Å². The van der Waals surface area contributed by atoms with Gasteiger partial charge in [0, 0.05) is 12.8 Å². The van der Waals surface area contributed by atoms with Gasteiger partial charge < -0.3 is 9.84 Å². The van der Waals surface area contributed by atoms with Crippen LogP contribution in [0.4, 0.5) is 0 Å². The van der Waals surface area contributed by atoms with Crippen molar-refractivity contribution >= 4 is 5.78 Å². The van der Waals surface area contributed by atoms with E-state index in [2.05, 4.69) is 0 Å². The van der Waals surface area contributed by atoms with Crippen LogP contribution in [-0.4, -0.2) is 30.7 Å². The lowest BCUT2D eigenvalue weighted by molar-refractivity contribution is -0.121. The van der Waals surface area contributed by atoms with E-state index in [1.807, 2.05) is 20.8 Å². The summed E-state index contributed by atoms with van der Waals surface area (Å²) in [6, 6.07) is 0. The number of rotatable bonds is 6. The molecule has 0 atom stereocenters. The van der Waals surface area contributed by atoms with Gasteiger partial charge in [0.2, 0.25) is 0 Å². The van der Waals surface area contributed by atoms with Gasteiger partial charge in [0.1, 0.15) is 5.78 Å². The molecule has 0 aliphatic carbocycles. The summed E-state index contributed by atoms with van der Waals surface area (Å²) in [6.07, 6.45) is 1.05. The zero-order chi connectivity index (χ0) is 10.3.